The summed E-state index contributed by atoms with van der Waals surface area (Å²) in [5.74, 6) is 1.88. The van der Waals surface area contributed by atoms with Crippen LogP contribution in [-0.2, 0) is 21.5 Å². The third kappa shape index (κ3) is 7.77. The summed E-state index contributed by atoms with van der Waals surface area (Å²) in [5, 5.41) is 18.0. The number of fused-ring (bicyclic) bond motifs is 2. The quantitative estimate of drug-likeness (QED) is 0.114. The summed E-state index contributed by atoms with van der Waals surface area (Å²) in [4.78, 5) is 36.0. The predicted molar refractivity (Wildman–Crippen MR) is 208 cm³/mol. The number of hydroxylamine groups is 1. The van der Waals surface area contributed by atoms with Crippen molar-refractivity contribution in [2.45, 2.75) is 89.8 Å². The van der Waals surface area contributed by atoms with Crippen molar-refractivity contribution in [3.63, 3.8) is 0 Å². The van der Waals surface area contributed by atoms with Gasteiger partial charge in [-0.1, -0.05) is 57.2 Å². The molecular formula is C41H51N9O4. The Kier molecular flexibility index (Phi) is 10.6. The fourth-order valence-electron chi connectivity index (χ4n) is 7.43. The van der Waals surface area contributed by atoms with Crippen LogP contribution >= 0.6 is 0 Å². The highest BCUT2D eigenvalue weighted by Gasteiger charge is 2.34. The van der Waals surface area contributed by atoms with Crippen LogP contribution in [0, 0.1) is 0 Å². The maximum Gasteiger partial charge on any atom is 0.357 e. The van der Waals surface area contributed by atoms with Gasteiger partial charge in [-0.15, -0.1) is 15.3 Å². The number of amides is 2. The second kappa shape index (κ2) is 15.5. The molecule has 2 aliphatic rings. The molecule has 0 radical (unpaired) electrons. The van der Waals surface area contributed by atoms with Gasteiger partial charge in [0, 0.05) is 30.6 Å². The fraction of sp³-hybridized carbons (Fsp3) is 0.439. The zero-order chi connectivity index (χ0) is 38.0. The molecule has 3 aromatic heterocycles. The molecule has 2 aromatic carbocycles. The lowest BCUT2D eigenvalue weighted by Gasteiger charge is -2.34. The number of pyridine rings is 1. The molecule has 3 atom stereocenters. The van der Waals surface area contributed by atoms with Crippen molar-refractivity contribution in [2.24, 2.45) is 0 Å². The number of aromatic nitrogens is 5. The van der Waals surface area contributed by atoms with Gasteiger partial charge in [0.05, 0.1) is 23.6 Å². The standard InChI is InChI=1S/C41H51N9O4/c1-28-12-9-10-22-47(28)39-44-43-37-20-17-31(26-48(37)39)54-35-19-18-34(32-15-7-8-16-33(32)35)42-40(52)50(53-27-51)38-25-36(41(2,3)4)45-49(38)30-14-11-13-29(24-30)21-23-46(5)6/h7-8,11,13-17,20,24-28,34-35H,9-10,12,18-19,21-23H2,1-6H3,(H,42,52)/t28-,34-,35+/m0/s1. The van der Waals surface area contributed by atoms with Gasteiger partial charge >= 0.3 is 12.5 Å². The number of carbonyl (C=O) groups excluding carboxylic acids is 2. The van der Waals surface area contributed by atoms with Crippen LogP contribution in [0.15, 0.2) is 72.9 Å². The van der Waals surface area contributed by atoms with Crippen molar-refractivity contribution in [3.05, 3.63) is 95.3 Å². The number of piperidine rings is 1. The minimum Gasteiger partial charge on any atom is -0.484 e. The normalized spacial score (nSPS) is 18.7. The van der Waals surface area contributed by atoms with E-state index in [1.165, 1.54) is 6.42 Å². The van der Waals surface area contributed by atoms with Crippen molar-refractivity contribution in [3.8, 4) is 11.4 Å². The molecule has 54 heavy (non-hydrogen) atoms. The molecule has 0 bridgehead atoms. The first-order chi connectivity index (χ1) is 26.0. The minimum absolute atomic E-state index is 0.237. The van der Waals surface area contributed by atoms with Crippen molar-refractivity contribution in [1.29, 1.82) is 0 Å². The summed E-state index contributed by atoms with van der Waals surface area (Å²) in [6, 6.07) is 21.2. The summed E-state index contributed by atoms with van der Waals surface area (Å²) in [5.41, 5.74) is 5.00. The highest BCUT2D eigenvalue weighted by Crippen LogP contribution is 2.39. The SMILES string of the molecule is C[C@H]1CCCCN1c1nnc2ccc(O[C@@H]3CC[C@H](NC(=O)N(OC=O)c4cc(C(C)(C)C)nn4-c4cccc(CCN(C)C)c4)c4ccccc43)cn12. The third-order valence-corrected chi connectivity index (χ3v) is 10.4. The lowest BCUT2D eigenvalue weighted by molar-refractivity contribution is -0.129. The van der Waals surface area contributed by atoms with E-state index in [0.29, 0.717) is 24.7 Å². The minimum atomic E-state index is -0.579. The largest absolute Gasteiger partial charge is 0.484 e. The Balaban J connectivity index is 1.14. The first kappa shape index (κ1) is 36.9. The number of nitrogens with zero attached hydrogens (tertiary/aromatic N) is 8. The number of ether oxygens (including phenoxy) is 1. The summed E-state index contributed by atoms with van der Waals surface area (Å²) >= 11 is 0. The monoisotopic (exact) mass is 733 g/mol. The summed E-state index contributed by atoms with van der Waals surface area (Å²) in [6.07, 6.45) is 7.33. The van der Waals surface area contributed by atoms with Crippen LogP contribution in [0.4, 0.5) is 16.6 Å². The molecule has 13 heteroatoms. The molecule has 13 nitrogen and oxygen atoms in total. The maximum atomic E-state index is 14.2. The number of likely N-dealkylation sites (N-methyl/N-ethyl adjacent to an activating group) is 1. The van der Waals surface area contributed by atoms with Crippen molar-refractivity contribution in [2.75, 3.05) is 37.1 Å². The lowest BCUT2D eigenvalue weighted by Crippen LogP contribution is -2.43. The fourth-order valence-corrected chi connectivity index (χ4v) is 7.43. The Hall–Kier alpha value is -5.43. The number of urea groups is 1. The summed E-state index contributed by atoms with van der Waals surface area (Å²) < 4.78 is 10.4. The summed E-state index contributed by atoms with van der Waals surface area (Å²) in [7, 11) is 4.09. The van der Waals surface area contributed by atoms with E-state index in [9.17, 15) is 9.59 Å². The molecule has 4 heterocycles. The average Bonchev–Trinajstić information content (AvgIpc) is 3.80. The molecule has 1 N–H and O–H groups in total. The number of nitrogens with one attached hydrogen (secondary N) is 1. The molecule has 1 aliphatic heterocycles. The first-order valence-electron chi connectivity index (χ1n) is 18.9. The molecular weight excluding hydrogens is 683 g/mol. The zero-order valence-corrected chi connectivity index (χ0v) is 32.1. The first-order valence-corrected chi connectivity index (χ1v) is 18.9. The highest BCUT2D eigenvalue weighted by molar-refractivity contribution is 5.90. The number of carbonyl (C=O) groups is 2. The van der Waals surface area contributed by atoms with E-state index in [4.69, 9.17) is 14.7 Å². The van der Waals surface area contributed by atoms with Gasteiger partial charge in [-0.25, -0.2) is 9.48 Å². The van der Waals surface area contributed by atoms with Crippen LogP contribution in [0.2, 0.25) is 0 Å². The van der Waals surface area contributed by atoms with Gasteiger partial charge in [0.25, 0.3) is 0 Å². The van der Waals surface area contributed by atoms with Gasteiger partial charge in [-0.2, -0.15) is 5.10 Å². The van der Waals surface area contributed by atoms with Gasteiger partial charge in [0.15, 0.2) is 11.5 Å². The molecule has 0 unspecified atom stereocenters. The number of hydrogen-bond donors (Lipinski definition) is 1. The zero-order valence-electron chi connectivity index (χ0n) is 32.1. The topological polar surface area (TPSA) is 122 Å². The van der Waals surface area contributed by atoms with E-state index >= 15 is 0 Å². The molecule has 1 saturated heterocycles. The van der Waals surface area contributed by atoms with Crippen LogP contribution in [0.3, 0.4) is 0 Å². The summed E-state index contributed by atoms with van der Waals surface area (Å²) in [6.45, 7) is 10.5. The van der Waals surface area contributed by atoms with E-state index in [0.717, 1.165) is 82.8 Å². The Bertz CT molecular complexity index is 2100. The highest BCUT2D eigenvalue weighted by atomic mass is 16.7. The molecule has 7 rings (SSSR count). The number of hydrogen-bond acceptors (Lipinski definition) is 9. The van der Waals surface area contributed by atoms with Crippen molar-refractivity contribution in [1.82, 2.24) is 34.6 Å². The maximum absolute atomic E-state index is 14.2. The Morgan fingerprint density at radius 1 is 0.981 bits per heavy atom. The predicted octanol–water partition coefficient (Wildman–Crippen LogP) is 6.95. The van der Waals surface area contributed by atoms with Gasteiger partial charge in [-0.3, -0.25) is 9.20 Å². The van der Waals surface area contributed by atoms with E-state index in [1.807, 2.05) is 73.2 Å². The molecule has 0 saturated carbocycles. The Morgan fingerprint density at radius 3 is 2.56 bits per heavy atom. The smallest absolute Gasteiger partial charge is 0.357 e. The van der Waals surface area contributed by atoms with Gasteiger partial charge in [0.1, 0.15) is 11.9 Å². The molecule has 1 aliphatic carbocycles. The van der Waals surface area contributed by atoms with Gasteiger partial charge in [0.2, 0.25) is 5.95 Å². The molecule has 5 aromatic rings. The lowest BCUT2D eigenvalue weighted by atomic mass is 9.85. The van der Waals surface area contributed by atoms with E-state index in [2.05, 4.69) is 65.1 Å². The van der Waals surface area contributed by atoms with Gasteiger partial charge in [-0.05, 0) is 100 Å². The van der Waals surface area contributed by atoms with Crippen LogP contribution in [0.5, 0.6) is 5.75 Å². The third-order valence-electron chi connectivity index (χ3n) is 10.4. The molecule has 2 amide bonds. The molecule has 0 spiro atoms. The number of benzene rings is 2. The van der Waals surface area contributed by atoms with Crippen molar-refractivity contribution < 1.29 is 19.2 Å². The van der Waals surface area contributed by atoms with E-state index in [-0.39, 0.29) is 24.0 Å². The Labute approximate surface area is 316 Å². The molecule has 284 valence electrons. The Morgan fingerprint density at radius 2 is 1.80 bits per heavy atom. The molecule has 1 fully saturated rings. The van der Waals surface area contributed by atoms with Crippen molar-refractivity contribution >= 4 is 29.9 Å². The van der Waals surface area contributed by atoms with Crippen LogP contribution in [0.1, 0.15) is 94.3 Å². The second-order valence-electron chi connectivity index (χ2n) is 15.7. The van der Waals surface area contributed by atoms with Crippen LogP contribution in [0.25, 0.3) is 11.3 Å². The number of anilines is 2. The average molecular weight is 734 g/mol. The van der Waals surface area contributed by atoms with Crippen LogP contribution < -0.4 is 20.0 Å². The number of rotatable bonds is 11. The van der Waals surface area contributed by atoms with Gasteiger partial charge < -0.3 is 24.7 Å². The van der Waals surface area contributed by atoms with Crippen LogP contribution in [-0.4, -0.2) is 75.0 Å². The second-order valence-corrected chi connectivity index (χ2v) is 15.7. The van der Waals surface area contributed by atoms with E-state index < -0.39 is 6.03 Å². The van der Waals surface area contributed by atoms with E-state index in [1.54, 1.807) is 10.7 Å².